The average Bonchev–Trinajstić information content (AvgIpc) is 3.20. The van der Waals surface area contributed by atoms with Gasteiger partial charge in [0.25, 0.3) is 11.5 Å². The van der Waals surface area contributed by atoms with Crippen molar-refractivity contribution in [2.45, 2.75) is 18.9 Å². The predicted molar refractivity (Wildman–Crippen MR) is 101 cm³/mol. The fourth-order valence-electron chi connectivity index (χ4n) is 3.01. The number of amides is 1. The molecule has 2 N–H and O–H groups in total. The highest BCUT2D eigenvalue weighted by Crippen LogP contribution is 2.24. The maximum absolute atomic E-state index is 12.6. The lowest BCUT2D eigenvalue weighted by Gasteiger charge is -2.10. The summed E-state index contributed by atoms with van der Waals surface area (Å²) >= 11 is 12.6. The molecule has 1 aliphatic heterocycles. The zero-order chi connectivity index (χ0) is 17.6. The van der Waals surface area contributed by atoms with Crippen LogP contribution < -0.4 is 10.9 Å². The number of carbonyl (C=O) groups is 1. The van der Waals surface area contributed by atoms with Crippen LogP contribution in [0.15, 0.2) is 23.0 Å². The molecule has 1 aliphatic rings. The van der Waals surface area contributed by atoms with E-state index >= 15 is 0 Å². The number of carbonyl (C=O) groups excluding carboxylic acids is 1. The number of H-pyrrole nitrogens is 1. The molecule has 1 amide bonds. The standard InChI is InChI=1S/C16H14ClN3O3S2/c17-8-3-4-10-11(6-8)20-13(19-14(10)21)12(25-16(20)24)15(22)18-7-9-2-1-5-23-9/h3-4,6,9H,1-2,5,7H2,(H,18,22)(H,19,21). The van der Waals surface area contributed by atoms with E-state index in [0.29, 0.717) is 36.9 Å². The summed E-state index contributed by atoms with van der Waals surface area (Å²) in [7, 11) is 0. The van der Waals surface area contributed by atoms with Crippen LogP contribution >= 0.6 is 35.2 Å². The highest BCUT2D eigenvalue weighted by atomic mass is 35.5. The minimum atomic E-state index is -0.285. The van der Waals surface area contributed by atoms with Gasteiger partial charge in [-0.15, -0.1) is 0 Å². The topological polar surface area (TPSA) is 75.6 Å². The molecule has 0 bridgehead atoms. The molecule has 25 heavy (non-hydrogen) atoms. The number of halogens is 1. The van der Waals surface area contributed by atoms with E-state index in [1.54, 1.807) is 22.6 Å². The summed E-state index contributed by atoms with van der Waals surface area (Å²) < 4.78 is 7.67. The van der Waals surface area contributed by atoms with Crippen molar-refractivity contribution in [2.24, 2.45) is 0 Å². The molecule has 1 aromatic carbocycles. The van der Waals surface area contributed by atoms with Crippen LogP contribution in [0, 0.1) is 3.95 Å². The number of ether oxygens (including phenoxy) is 1. The van der Waals surface area contributed by atoms with Gasteiger partial charge < -0.3 is 15.0 Å². The van der Waals surface area contributed by atoms with Gasteiger partial charge in [0, 0.05) is 18.2 Å². The lowest BCUT2D eigenvalue weighted by Crippen LogP contribution is -2.31. The van der Waals surface area contributed by atoms with Gasteiger partial charge in [0.15, 0.2) is 3.95 Å². The van der Waals surface area contributed by atoms with E-state index in [1.807, 2.05) is 0 Å². The number of nitrogens with zero attached hydrogens (tertiary/aromatic N) is 1. The summed E-state index contributed by atoms with van der Waals surface area (Å²) in [5.41, 5.74) is 0.693. The summed E-state index contributed by atoms with van der Waals surface area (Å²) in [4.78, 5) is 28.1. The number of benzene rings is 1. The molecule has 9 heteroatoms. The molecule has 2 aromatic heterocycles. The van der Waals surface area contributed by atoms with Crippen LogP contribution in [0.5, 0.6) is 0 Å². The number of thiazole rings is 1. The van der Waals surface area contributed by atoms with Crippen LogP contribution in [0.2, 0.25) is 5.02 Å². The van der Waals surface area contributed by atoms with E-state index in [4.69, 9.17) is 28.6 Å². The van der Waals surface area contributed by atoms with Crippen molar-refractivity contribution >= 4 is 57.6 Å². The summed E-state index contributed by atoms with van der Waals surface area (Å²) in [5, 5.41) is 3.83. The maximum Gasteiger partial charge on any atom is 0.265 e. The SMILES string of the molecule is O=C(NCC1CCCO1)c1sc(=S)n2c1[nH]c(=O)c1ccc(Cl)cc12. The van der Waals surface area contributed by atoms with Gasteiger partial charge in [-0.2, -0.15) is 0 Å². The molecule has 130 valence electrons. The first-order valence-corrected chi connectivity index (χ1v) is 9.42. The van der Waals surface area contributed by atoms with E-state index in [0.717, 1.165) is 30.8 Å². The van der Waals surface area contributed by atoms with E-state index in [-0.39, 0.29) is 17.6 Å². The van der Waals surface area contributed by atoms with Crippen LogP contribution in [0.3, 0.4) is 0 Å². The number of fused-ring (bicyclic) bond motifs is 3. The predicted octanol–water partition coefficient (Wildman–Crippen LogP) is 3.13. The van der Waals surface area contributed by atoms with Gasteiger partial charge in [0.05, 0.1) is 17.0 Å². The fraction of sp³-hybridized carbons (Fsp3) is 0.312. The molecule has 4 rings (SSSR count). The monoisotopic (exact) mass is 395 g/mol. The Morgan fingerprint density at radius 3 is 3.12 bits per heavy atom. The first-order chi connectivity index (χ1) is 12.0. The maximum atomic E-state index is 12.6. The normalized spacial score (nSPS) is 17.4. The molecule has 0 saturated carbocycles. The minimum Gasteiger partial charge on any atom is -0.376 e. The molecular weight excluding hydrogens is 382 g/mol. The van der Waals surface area contributed by atoms with Crippen LogP contribution in [0.4, 0.5) is 0 Å². The van der Waals surface area contributed by atoms with Crippen molar-refractivity contribution in [3.63, 3.8) is 0 Å². The highest BCUT2D eigenvalue weighted by Gasteiger charge is 2.21. The first-order valence-electron chi connectivity index (χ1n) is 7.81. The Morgan fingerprint density at radius 2 is 2.36 bits per heavy atom. The molecule has 0 aliphatic carbocycles. The summed E-state index contributed by atoms with van der Waals surface area (Å²) in [6, 6.07) is 4.97. The largest absolute Gasteiger partial charge is 0.376 e. The zero-order valence-electron chi connectivity index (χ0n) is 13.0. The van der Waals surface area contributed by atoms with Crippen molar-refractivity contribution in [1.82, 2.24) is 14.7 Å². The molecule has 1 saturated heterocycles. The highest BCUT2D eigenvalue weighted by molar-refractivity contribution is 7.73. The molecule has 6 nitrogen and oxygen atoms in total. The molecular formula is C16H14ClN3O3S2. The zero-order valence-corrected chi connectivity index (χ0v) is 15.4. The smallest absolute Gasteiger partial charge is 0.265 e. The van der Waals surface area contributed by atoms with Crippen molar-refractivity contribution in [2.75, 3.05) is 13.2 Å². The molecule has 1 fully saturated rings. The van der Waals surface area contributed by atoms with Crippen LogP contribution in [0.1, 0.15) is 22.5 Å². The Morgan fingerprint density at radius 1 is 1.52 bits per heavy atom. The van der Waals surface area contributed by atoms with Gasteiger partial charge in [-0.25, -0.2) is 0 Å². The van der Waals surface area contributed by atoms with E-state index < -0.39 is 0 Å². The quantitative estimate of drug-likeness (QED) is 0.668. The number of aromatic nitrogens is 2. The Hall–Kier alpha value is -1.74. The first kappa shape index (κ1) is 16.7. The summed E-state index contributed by atoms with van der Waals surface area (Å²) in [6.45, 7) is 1.17. The van der Waals surface area contributed by atoms with Gasteiger partial charge in [-0.1, -0.05) is 22.9 Å². The summed E-state index contributed by atoms with van der Waals surface area (Å²) in [5.74, 6) is -0.272. The van der Waals surface area contributed by atoms with Gasteiger partial charge in [0.2, 0.25) is 0 Å². The number of rotatable bonds is 3. The van der Waals surface area contributed by atoms with Crippen LogP contribution in [-0.4, -0.2) is 34.5 Å². The lowest BCUT2D eigenvalue weighted by molar-refractivity contribution is 0.0862. The van der Waals surface area contributed by atoms with Crippen molar-refractivity contribution in [3.8, 4) is 0 Å². The number of hydrogen-bond acceptors (Lipinski definition) is 5. The van der Waals surface area contributed by atoms with E-state index in [2.05, 4.69) is 10.3 Å². The van der Waals surface area contributed by atoms with Gasteiger partial charge >= 0.3 is 0 Å². The minimum absolute atomic E-state index is 0.0458. The van der Waals surface area contributed by atoms with Crippen LogP contribution in [0.25, 0.3) is 16.6 Å². The van der Waals surface area contributed by atoms with Gasteiger partial charge in [0.1, 0.15) is 10.5 Å². The second-order valence-electron chi connectivity index (χ2n) is 5.84. The van der Waals surface area contributed by atoms with Crippen molar-refractivity contribution < 1.29 is 9.53 Å². The van der Waals surface area contributed by atoms with Crippen molar-refractivity contribution in [3.05, 3.63) is 42.4 Å². The van der Waals surface area contributed by atoms with Crippen LogP contribution in [-0.2, 0) is 4.74 Å². The summed E-state index contributed by atoms with van der Waals surface area (Å²) in [6.07, 6.45) is 1.99. The van der Waals surface area contributed by atoms with E-state index in [1.165, 1.54) is 0 Å². The number of hydrogen-bond donors (Lipinski definition) is 2. The molecule has 0 spiro atoms. The molecule has 0 radical (unpaired) electrons. The van der Waals surface area contributed by atoms with E-state index in [9.17, 15) is 9.59 Å². The second-order valence-corrected chi connectivity index (χ2v) is 7.92. The van der Waals surface area contributed by atoms with Crippen molar-refractivity contribution in [1.29, 1.82) is 0 Å². The molecule has 3 heterocycles. The molecule has 3 aromatic rings. The third kappa shape index (κ3) is 2.99. The third-order valence-corrected chi connectivity index (χ3v) is 5.82. The molecule has 1 atom stereocenters. The Balaban J connectivity index is 1.80. The Labute approximate surface area is 156 Å². The fourth-order valence-corrected chi connectivity index (χ4v) is 4.47. The van der Waals surface area contributed by atoms with Gasteiger partial charge in [-0.3, -0.25) is 14.0 Å². The second kappa shape index (κ2) is 6.53. The number of nitrogens with one attached hydrogen (secondary N) is 2. The third-order valence-electron chi connectivity index (χ3n) is 4.21. The average molecular weight is 396 g/mol. The van der Waals surface area contributed by atoms with Gasteiger partial charge in [-0.05, 0) is 43.3 Å². The Kier molecular flexibility index (Phi) is 4.36. The molecule has 1 unspecified atom stereocenters. The Bertz CT molecular complexity index is 1100. The lowest BCUT2D eigenvalue weighted by atomic mass is 10.2. The number of aromatic amines is 1.